The number of amides is 1. The Balaban J connectivity index is 1.79. The van der Waals surface area contributed by atoms with Gasteiger partial charge in [0.05, 0.1) is 23.6 Å². The molecule has 0 radical (unpaired) electrons. The van der Waals surface area contributed by atoms with Crippen molar-refractivity contribution in [3.8, 4) is 0 Å². The van der Waals surface area contributed by atoms with E-state index in [1.54, 1.807) is 30.3 Å². The van der Waals surface area contributed by atoms with Gasteiger partial charge in [-0.1, -0.05) is 17.7 Å². The van der Waals surface area contributed by atoms with Crippen LogP contribution in [0.2, 0.25) is 0 Å². The lowest BCUT2D eigenvalue weighted by Crippen LogP contribution is -2.10. The Morgan fingerprint density at radius 3 is 2.74 bits per heavy atom. The summed E-state index contributed by atoms with van der Waals surface area (Å²) in [4.78, 5) is 36.2. The van der Waals surface area contributed by atoms with Crippen LogP contribution in [0.4, 0.5) is 5.69 Å². The Kier molecular flexibility index (Phi) is 5.17. The summed E-state index contributed by atoms with van der Waals surface area (Å²) in [6.07, 6.45) is 3.95. The number of carbonyl (C=O) groups is 2. The van der Waals surface area contributed by atoms with Gasteiger partial charge in [0.1, 0.15) is 11.8 Å². The number of hydrogen-bond acceptors (Lipinski definition) is 5. The summed E-state index contributed by atoms with van der Waals surface area (Å²) < 4.78 is 10.1. The van der Waals surface area contributed by atoms with Crippen LogP contribution in [0.25, 0.3) is 17.0 Å². The molecule has 3 rings (SSSR count). The SMILES string of the molecule is COC(=O)c1cccc(NC(=O)/C=C/c2coc3ccc(C)cc3c2=O)c1. The lowest BCUT2D eigenvalue weighted by Gasteiger charge is -2.04. The number of anilines is 1. The minimum atomic E-state index is -0.495. The van der Waals surface area contributed by atoms with Gasteiger partial charge < -0.3 is 14.5 Å². The molecule has 27 heavy (non-hydrogen) atoms. The van der Waals surface area contributed by atoms with Gasteiger partial charge >= 0.3 is 5.97 Å². The molecule has 3 aromatic rings. The highest BCUT2D eigenvalue weighted by Gasteiger charge is 2.08. The highest BCUT2D eigenvalue weighted by molar-refractivity contribution is 6.02. The van der Waals surface area contributed by atoms with Crippen molar-refractivity contribution in [2.24, 2.45) is 0 Å². The predicted octanol–water partition coefficient (Wildman–Crippen LogP) is 3.54. The number of carbonyl (C=O) groups excluding carboxylic acids is 2. The maximum Gasteiger partial charge on any atom is 0.337 e. The molecule has 2 aromatic carbocycles. The van der Waals surface area contributed by atoms with E-state index in [0.29, 0.717) is 22.2 Å². The van der Waals surface area contributed by atoms with Gasteiger partial charge in [-0.05, 0) is 43.3 Å². The van der Waals surface area contributed by atoms with Crippen LogP contribution in [0, 0.1) is 6.92 Å². The molecule has 0 fully saturated rings. The molecular weight excluding hydrogens is 346 g/mol. The van der Waals surface area contributed by atoms with Crippen LogP contribution < -0.4 is 10.7 Å². The van der Waals surface area contributed by atoms with Crippen molar-refractivity contribution in [2.45, 2.75) is 6.92 Å². The second-order valence-electron chi connectivity index (χ2n) is 5.91. The molecule has 0 spiro atoms. The third-order valence-corrected chi connectivity index (χ3v) is 3.92. The van der Waals surface area contributed by atoms with Gasteiger partial charge in [-0.25, -0.2) is 4.79 Å². The van der Waals surface area contributed by atoms with Crippen molar-refractivity contribution in [2.75, 3.05) is 12.4 Å². The Bertz CT molecular complexity index is 1110. The summed E-state index contributed by atoms with van der Waals surface area (Å²) >= 11 is 0. The molecule has 1 aromatic heterocycles. The molecule has 1 amide bonds. The van der Waals surface area contributed by atoms with Crippen LogP contribution in [0.5, 0.6) is 0 Å². The molecule has 0 aliphatic heterocycles. The van der Waals surface area contributed by atoms with E-state index in [9.17, 15) is 14.4 Å². The summed E-state index contributed by atoms with van der Waals surface area (Å²) in [6, 6.07) is 11.7. The summed E-state index contributed by atoms with van der Waals surface area (Å²) in [7, 11) is 1.28. The first-order valence-electron chi connectivity index (χ1n) is 8.17. The number of aryl methyl sites for hydroxylation is 1. The van der Waals surface area contributed by atoms with Gasteiger partial charge in [0, 0.05) is 11.8 Å². The van der Waals surface area contributed by atoms with E-state index < -0.39 is 11.9 Å². The topological polar surface area (TPSA) is 85.6 Å². The molecule has 0 bridgehead atoms. The van der Waals surface area contributed by atoms with Crippen molar-refractivity contribution < 1.29 is 18.7 Å². The molecule has 0 saturated carbocycles. The van der Waals surface area contributed by atoms with E-state index in [0.717, 1.165) is 5.56 Å². The van der Waals surface area contributed by atoms with Gasteiger partial charge in [-0.15, -0.1) is 0 Å². The molecule has 0 saturated heterocycles. The maximum atomic E-state index is 12.5. The molecule has 136 valence electrons. The number of esters is 1. The number of hydrogen-bond donors (Lipinski definition) is 1. The fraction of sp³-hybridized carbons (Fsp3) is 0.0952. The van der Waals surface area contributed by atoms with Crippen LogP contribution in [-0.4, -0.2) is 19.0 Å². The van der Waals surface area contributed by atoms with Crippen LogP contribution in [-0.2, 0) is 9.53 Å². The number of methoxy groups -OCH3 is 1. The average molecular weight is 363 g/mol. The molecule has 1 N–H and O–H groups in total. The van der Waals surface area contributed by atoms with Gasteiger partial charge in [0.15, 0.2) is 5.43 Å². The molecule has 0 aliphatic carbocycles. The molecule has 0 aliphatic rings. The quantitative estimate of drug-likeness (QED) is 0.566. The van der Waals surface area contributed by atoms with Gasteiger partial charge in [0.25, 0.3) is 0 Å². The standard InChI is InChI=1S/C21H17NO5/c1-13-6-8-18-17(10-13)20(24)15(12-27-18)7-9-19(23)22-16-5-3-4-14(11-16)21(25)26-2/h3-12H,1-2H3,(H,22,23)/b9-7+. The maximum absolute atomic E-state index is 12.5. The van der Waals surface area contributed by atoms with Crippen LogP contribution in [0.3, 0.4) is 0 Å². The fourth-order valence-corrected chi connectivity index (χ4v) is 2.57. The van der Waals surface area contributed by atoms with Crippen molar-refractivity contribution in [1.29, 1.82) is 0 Å². The van der Waals surface area contributed by atoms with E-state index in [1.165, 1.54) is 31.6 Å². The van der Waals surface area contributed by atoms with Crippen LogP contribution in [0.1, 0.15) is 21.5 Å². The van der Waals surface area contributed by atoms with Gasteiger partial charge in [-0.3, -0.25) is 9.59 Å². The Morgan fingerprint density at radius 2 is 1.96 bits per heavy atom. The molecular formula is C21H17NO5. The second kappa shape index (κ2) is 7.70. The normalized spacial score (nSPS) is 10.9. The average Bonchev–Trinajstić information content (AvgIpc) is 2.67. The number of rotatable bonds is 4. The van der Waals surface area contributed by atoms with Crippen molar-refractivity contribution in [1.82, 2.24) is 0 Å². The zero-order valence-corrected chi connectivity index (χ0v) is 14.8. The Labute approximate surface area is 155 Å². The minimum Gasteiger partial charge on any atom is -0.465 e. The van der Waals surface area contributed by atoms with Gasteiger partial charge in [0.2, 0.25) is 5.91 Å². The van der Waals surface area contributed by atoms with E-state index in [2.05, 4.69) is 10.1 Å². The molecule has 0 unspecified atom stereocenters. The predicted molar refractivity (Wildman–Crippen MR) is 103 cm³/mol. The van der Waals surface area contributed by atoms with E-state index in [1.807, 2.05) is 13.0 Å². The summed E-state index contributed by atoms with van der Waals surface area (Å²) in [5.41, 5.74) is 2.26. The number of ether oxygens (including phenoxy) is 1. The number of benzene rings is 2. The van der Waals surface area contributed by atoms with E-state index in [-0.39, 0.29) is 11.0 Å². The second-order valence-corrected chi connectivity index (χ2v) is 5.91. The Hall–Kier alpha value is -3.67. The zero-order valence-electron chi connectivity index (χ0n) is 14.8. The molecule has 1 heterocycles. The first-order chi connectivity index (χ1) is 13.0. The van der Waals surface area contributed by atoms with Gasteiger partial charge in [-0.2, -0.15) is 0 Å². The van der Waals surface area contributed by atoms with E-state index in [4.69, 9.17) is 4.42 Å². The monoisotopic (exact) mass is 363 g/mol. The largest absolute Gasteiger partial charge is 0.465 e. The lowest BCUT2D eigenvalue weighted by atomic mass is 10.1. The Morgan fingerprint density at radius 1 is 1.15 bits per heavy atom. The smallest absolute Gasteiger partial charge is 0.337 e. The summed E-state index contributed by atoms with van der Waals surface area (Å²) in [5, 5.41) is 3.09. The number of nitrogens with one attached hydrogen (secondary N) is 1. The summed E-state index contributed by atoms with van der Waals surface area (Å²) in [5.74, 6) is -0.938. The van der Waals surface area contributed by atoms with Crippen molar-refractivity contribution in [3.63, 3.8) is 0 Å². The van der Waals surface area contributed by atoms with Crippen molar-refractivity contribution in [3.05, 3.63) is 81.7 Å². The fourth-order valence-electron chi connectivity index (χ4n) is 2.57. The minimum absolute atomic E-state index is 0.211. The van der Waals surface area contributed by atoms with Crippen LogP contribution in [0.15, 0.2) is 64.0 Å². The number of fused-ring (bicyclic) bond motifs is 1. The molecule has 6 heteroatoms. The lowest BCUT2D eigenvalue weighted by molar-refractivity contribution is -0.111. The third kappa shape index (κ3) is 4.12. The van der Waals surface area contributed by atoms with Crippen LogP contribution >= 0.6 is 0 Å². The summed E-state index contributed by atoms with van der Waals surface area (Å²) in [6.45, 7) is 1.89. The highest BCUT2D eigenvalue weighted by atomic mass is 16.5. The third-order valence-electron chi connectivity index (χ3n) is 3.92. The molecule has 0 atom stereocenters. The molecule has 6 nitrogen and oxygen atoms in total. The zero-order chi connectivity index (χ0) is 19.4. The van der Waals surface area contributed by atoms with E-state index >= 15 is 0 Å². The highest BCUT2D eigenvalue weighted by Crippen LogP contribution is 2.14. The first-order valence-corrected chi connectivity index (χ1v) is 8.17. The van der Waals surface area contributed by atoms with Crippen molar-refractivity contribution >= 4 is 34.6 Å². The first kappa shape index (κ1) is 18.1.